The second-order valence-corrected chi connectivity index (χ2v) is 5.95. The number of ether oxygens (including phenoxy) is 1. The molecule has 1 amide bonds. The van der Waals surface area contributed by atoms with E-state index in [1.165, 1.54) is 29.8 Å². The summed E-state index contributed by atoms with van der Waals surface area (Å²) < 4.78 is 28.8. The van der Waals surface area contributed by atoms with Crippen LogP contribution in [0.5, 0.6) is 5.75 Å². The van der Waals surface area contributed by atoms with Gasteiger partial charge >= 0.3 is 6.61 Å². The van der Waals surface area contributed by atoms with Crippen LogP contribution in [0.15, 0.2) is 24.3 Å². The lowest BCUT2D eigenvalue weighted by molar-refractivity contribution is -0.0498. The monoisotopic (exact) mass is 347 g/mol. The number of aromatic nitrogens is 2. The third kappa shape index (κ3) is 4.29. The molecular weight excluding hydrogens is 328 g/mol. The van der Waals surface area contributed by atoms with Gasteiger partial charge in [0.15, 0.2) is 0 Å². The molecule has 0 saturated carbocycles. The first-order chi connectivity index (χ1) is 12.0. The number of carbonyl (C=O) groups excluding carboxylic acids is 1. The first kappa shape index (κ1) is 17.3. The number of aryl methyl sites for hydroxylation is 2. The lowest BCUT2D eigenvalue weighted by atomic mass is 9.95. The standard InChI is InChI=1S/C18H19F2N3O2/c1-11-14-7-2-3-8-15(14)23-16(22-11)10-21-17(24)12-5-4-6-13(9-12)25-18(19)20/h4-6,9,18H,2-3,7-8,10H2,1H3,(H,21,24). The Labute approximate surface area is 144 Å². The van der Waals surface area contributed by atoms with Gasteiger partial charge in [-0.25, -0.2) is 9.97 Å². The number of halogens is 2. The van der Waals surface area contributed by atoms with E-state index in [-0.39, 0.29) is 17.9 Å². The minimum Gasteiger partial charge on any atom is -0.435 e. The predicted molar refractivity (Wildman–Crippen MR) is 87.7 cm³/mol. The zero-order chi connectivity index (χ0) is 17.8. The number of amides is 1. The summed E-state index contributed by atoms with van der Waals surface area (Å²) in [4.78, 5) is 21.2. The second kappa shape index (κ2) is 7.55. The Morgan fingerprint density at radius 1 is 1.28 bits per heavy atom. The summed E-state index contributed by atoms with van der Waals surface area (Å²) in [6, 6.07) is 5.68. The molecule has 5 nitrogen and oxygen atoms in total. The molecule has 1 N–H and O–H groups in total. The number of hydrogen-bond donors (Lipinski definition) is 1. The number of rotatable bonds is 5. The Morgan fingerprint density at radius 3 is 2.88 bits per heavy atom. The molecule has 25 heavy (non-hydrogen) atoms. The Kier molecular flexibility index (Phi) is 5.21. The molecule has 7 heteroatoms. The van der Waals surface area contributed by atoms with E-state index >= 15 is 0 Å². The average Bonchev–Trinajstić information content (AvgIpc) is 2.59. The average molecular weight is 347 g/mol. The summed E-state index contributed by atoms with van der Waals surface area (Å²) in [6.07, 6.45) is 4.22. The Hall–Kier alpha value is -2.57. The maximum Gasteiger partial charge on any atom is 0.387 e. The summed E-state index contributed by atoms with van der Waals surface area (Å²) in [5.74, 6) is 0.119. The number of fused-ring (bicyclic) bond motifs is 1. The number of carbonyl (C=O) groups is 1. The molecule has 1 aliphatic rings. The van der Waals surface area contributed by atoms with Gasteiger partial charge in [-0.3, -0.25) is 4.79 Å². The molecule has 132 valence electrons. The van der Waals surface area contributed by atoms with E-state index in [1.54, 1.807) is 0 Å². The van der Waals surface area contributed by atoms with Crippen molar-refractivity contribution in [1.82, 2.24) is 15.3 Å². The molecule has 0 aliphatic heterocycles. The number of benzene rings is 1. The molecule has 0 saturated heterocycles. The fourth-order valence-electron chi connectivity index (χ4n) is 3.00. The van der Waals surface area contributed by atoms with Crippen LogP contribution in [0.1, 0.15) is 46.0 Å². The Balaban J connectivity index is 1.67. The molecule has 1 aromatic heterocycles. The quantitative estimate of drug-likeness (QED) is 0.902. The van der Waals surface area contributed by atoms with Gasteiger partial charge in [0.1, 0.15) is 11.6 Å². The summed E-state index contributed by atoms with van der Waals surface area (Å²) >= 11 is 0. The van der Waals surface area contributed by atoms with Gasteiger partial charge in [0, 0.05) is 17.0 Å². The van der Waals surface area contributed by atoms with Crippen molar-refractivity contribution in [3.05, 3.63) is 52.6 Å². The topological polar surface area (TPSA) is 64.1 Å². The molecule has 0 radical (unpaired) electrons. The van der Waals surface area contributed by atoms with Crippen molar-refractivity contribution in [1.29, 1.82) is 0 Å². The van der Waals surface area contributed by atoms with Crippen LogP contribution in [0, 0.1) is 6.92 Å². The maximum atomic E-state index is 12.3. The lowest BCUT2D eigenvalue weighted by Crippen LogP contribution is -2.25. The van der Waals surface area contributed by atoms with Crippen LogP contribution in [-0.4, -0.2) is 22.5 Å². The van der Waals surface area contributed by atoms with Crippen LogP contribution < -0.4 is 10.1 Å². The first-order valence-corrected chi connectivity index (χ1v) is 8.21. The minimum atomic E-state index is -2.93. The van der Waals surface area contributed by atoms with Gasteiger partial charge in [0.25, 0.3) is 5.91 Å². The molecule has 1 aliphatic carbocycles. The van der Waals surface area contributed by atoms with Crippen molar-refractivity contribution in [2.45, 2.75) is 45.8 Å². The highest BCUT2D eigenvalue weighted by Crippen LogP contribution is 2.21. The van der Waals surface area contributed by atoms with E-state index in [2.05, 4.69) is 20.0 Å². The van der Waals surface area contributed by atoms with Crippen molar-refractivity contribution < 1.29 is 18.3 Å². The van der Waals surface area contributed by atoms with Crippen molar-refractivity contribution in [3.63, 3.8) is 0 Å². The van der Waals surface area contributed by atoms with Gasteiger partial charge in [-0.05, 0) is 56.4 Å². The molecule has 0 fully saturated rings. The van der Waals surface area contributed by atoms with Gasteiger partial charge < -0.3 is 10.1 Å². The third-order valence-corrected chi connectivity index (χ3v) is 4.16. The van der Waals surface area contributed by atoms with Gasteiger partial charge in [-0.2, -0.15) is 8.78 Å². The van der Waals surface area contributed by atoms with E-state index in [0.717, 1.165) is 37.1 Å². The number of nitrogens with one attached hydrogen (secondary N) is 1. The van der Waals surface area contributed by atoms with Crippen LogP contribution in [0.4, 0.5) is 8.78 Å². The van der Waals surface area contributed by atoms with Crippen molar-refractivity contribution in [3.8, 4) is 5.75 Å². The molecule has 0 bridgehead atoms. The largest absolute Gasteiger partial charge is 0.435 e. The van der Waals surface area contributed by atoms with Crippen LogP contribution in [0.25, 0.3) is 0 Å². The minimum absolute atomic E-state index is 0.0523. The smallest absolute Gasteiger partial charge is 0.387 e. The lowest BCUT2D eigenvalue weighted by Gasteiger charge is -2.17. The van der Waals surface area contributed by atoms with E-state index in [4.69, 9.17) is 0 Å². The fraction of sp³-hybridized carbons (Fsp3) is 0.389. The van der Waals surface area contributed by atoms with Gasteiger partial charge in [-0.15, -0.1) is 0 Å². The van der Waals surface area contributed by atoms with Crippen LogP contribution >= 0.6 is 0 Å². The Bertz CT molecular complexity index is 781. The fourth-order valence-corrected chi connectivity index (χ4v) is 3.00. The molecular formula is C18H19F2N3O2. The SMILES string of the molecule is Cc1nc(CNC(=O)c2cccc(OC(F)F)c2)nc2c1CCCC2. The molecule has 0 atom stereocenters. The van der Waals surface area contributed by atoms with E-state index in [1.807, 2.05) is 6.92 Å². The Morgan fingerprint density at radius 2 is 2.08 bits per heavy atom. The molecule has 0 unspecified atom stereocenters. The highest BCUT2D eigenvalue weighted by atomic mass is 19.3. The second-order valence-electron chi connectivity index (χ2n) is 5.95. The maximum absolute atomic E-state index is 12.3. The van der Waals surface area contributed by atoms with Crippen LogP contribution in [0.3, 0.4) is 0 Å². The summed E-state index contributed by atoms with van der Waals surface area (Å²) in [5, 5.41) is 2.72. The number of alkyl halides is 2. The normalized spacial score (nSPS) is 13.4. The zero-order valence-electron chi connectivity index (χ0n) is 13.9. The van der Waals surface area contributed by atoms with Crippen LogP contribution in [-0.2, 0) is 19.4 Å². The summed E-state index contributed by atoms with van der Waals surface area (Å²) in [6.45, 7) is -0.778. The van der Waals surface area contributed by atoms with Gasteiger partial charge in [0.2, 0.25) is 0 Å². The van der Waals surface area contributed by atoms with Gasteiger partial charge in [0.05, 0.1) is 6.54 Å². The van der Waals surface area contributed by atoms with E-state index < -0.39 is 12.5 Å². The van der Waals surface area contributed by atoms with E-state index in [0.29, 0.717) is 5.82 Å². The zero-order valence-corrected chi connectivity index (χ0v) is 13.9. The molecule has 1 aromatic carbocycles. The van der Waals surface area contributed by atoms with Crippen molar-refractivity contribution in [2.24, 2.45) is 0 Å². The molecule has 3 rings (SSSR count). The summed E-state index contributed by atoms with van der Waals surface area (Å²) in [5.41, 5.74) is 3.49. The molecule has 0 spiro atoms. The predicted octanol–water partition coefficient (Wildman–Crippen LogP) is 3.20. The first-order valence-electron chi connectivity index (χ1n) is 8.21. The van der Waals surface area contributed by atoms with E-state index in [9.17, 15) is 13.6 Å². The number of nitrogens with zero attached hydrogens (tertiary/aromatic N) is 2. The molecule has 2 aromatic rings. The molecule has 1 heterocycles. The highest BCUT2D eigenvalue weighted by molar-refractivity contribution is 5.94. The number of hydrogen-bond acceptors (Lipinski definition) is 4. The van der Waals surface area contributed by atoms with Gasteiger partial charge in [-0.1, -0.05) is 6.07 Å². The van der Waals surface area contributed by atoms with Crippen molar-refractivity contribution in [2.75, 3.05) is 0 Å². The van der Waals surface area contributed by atoms with Crippen molar-refractivity contribution >= 4 is 5.91 Å². The third-order valence-electron chi connectivity index (χ3n) is 4.16. The van der Waals surface area contributed by atoms with Crippen LogP contribution in [0.2, 0.25) is 0 Å². The highest BCUT2D eigenvalue weighted by Gasteiger charge is 2.16. The summed E-state index contributed by atoms with van der Waals surface area (Å²) in [7, 11) is 0.